The van der Waals surface area contributed by atoms with Gasteiger partial charge in [0.2, 0.25) is 0 Å². The van der Waals surface area contributed by atoms with Crippen LogP contribution in [0.4, 0.5) is 0 Å². The third-order valence-corrected chi connectivity index (χ3v) is 6.38. The van der Waals surface area contributed by atoms with Crippen molar-refractivity contribution in [1.29, 1.82) is 0 Å². The lowest BCUT2D eigenvalue weighted by molar-refractivity contribution is -0.142. The fraction of sp³-hybridized carbons (Fsp3) is 0.350. The third-order valence-electron chi connectivity index (χ3n) is 5.03. The van der Waals surface area contributed by atoms with Crippen LogP contribution in [0.3, 0.4) is 0 Å². The van der Waals surface area contributed by atoms with Crippen molar-refractivity contribution in [3.05, 3.63) is 54.1 Å². The Kier molecular flexibility index (Phi) is 4.99. The molecular formula is C20H20O7S. The van der Waals surface area contributed by atoms with Crippen molar-refractivity contribution in [3.63, 3.8) is 0 Å². The number of para-hydroxylation sites is 1. The second-order valence-electron chi connectivity index (χ2n) is 6.70. The summed E-state index contributed by atoms with van der Waals surface area (Å²) in [5.74, 6) is 0.259. The van der Waals surface area contributed by atoms with E-state index in [4.69, 9.17) is 13.7 Å². The molecule has 0 bridgehead atoms. The molecule has 8 heteroatoms. The van der Waals surface area contributed by atoms with Gasteiger partial charge in [0.1, 0.15) is 6.10 Å². The zero-order chi connectivity index (χ0) is 19.7. The van der Waals surface area contributed by atoms with Gasteiger partial charge in [-0.1, -0.05) is 30.3 Å². The molecule has 0 radical (unpaired) electrons. The van der Waals surface area contributed by atoms with Crippen LogP contribution in [0.5, 0.6) is 11.5 Å². The molecule has 3 unspecified atom stereocenters. The second kappa shape index (κ2) is 7.44. The molecule has 0 N–H and O–H groups in total. The van der Waals surface area contributed by atoms with Gasteiger partial charge < -0.3 is 14.2 Å². The molecule has 28 heavy (non-hydrogen) atoms. The number of methoxy groups -OCH3 is 1. The lowest BCUT2D eigenvalue weighted by atomic mass is 9.95. The minimum Gasteiger partial charge on any atom is -0.485 e. The van der Waals surface area contributed by atoms with Gasteiger partial charge >= 0.3 is 5.97 Å². The first kappa shape index (κ1) is 18.8. The van der Waals surface area contributed by atoms with E-state index >= 15 is 0 Å². The molecule has 4 rings (SSSR count). The Morgan fingerprint density at radius 3 is 2.64 bits per heavy atom. The van der Waals surface area contributed by atoms with Crippen molar-refractivity contribution in [2.24, 2.45) is 0 Å². The molecule has 2 aromatic carbocycles. The number of fused-ring (bicyclic) bond motifs is 3. The fourth-order valence-corrected chi connectivity index (χ4v) is 4.90. The summed E-state index contributed by atoms with van der Waals surface area (Å²) in [7, 11) is -2.58. The average Bonchev–Trinajstić information content (AvgIpc) is 3.26. The molecule has 148 valence electrons. The SMILES string of the molecule is COC(=O)COc1cccc2c1OC1CCC(OS(=O)(=O)c3ccccc3)C21. The van der Waals surface area contributed by atoms with Crippen molar-refractivity contribution in [3.8, 4) is 11.5 Å². The van der Waals surface area contributed by atoms with Gasteiger partial charge in [0.05, 0.1) is 24.0 Å². The summed E-state index contributed by atoms with van der Waals surface area (Å²) in [5.41, 5.74) is 0.832. The molecule has 0 spiro atoms. The van der Waals surface area contributed by atoms with Gasteiger partial charge in [0.25, 0.3) is 10.1 Å². The van der Waals surface area contributed by atoms with Crippen LogP contribution in [-0.4, -0.2) is 40.3 Å². The van der Waals surface area contributed by atoms with Gasteiger partial charge in [-0.2, -0.15) is 8.42 Å². The van der Waals surface area contributed by atoms with E-state index in [2.05, 4.69) is 4.74 Å². The second-order valence-corrected chi connectivity index (χ2v) is 8.27. The maximum Gasteiger partial charge on any atom is 0.343 e. The molecule has 0 saturated heterocycles. The molecule has 2 aliphatic rings. The van der Waals surface area contributed by atoms with Crippen LogP contribution in [0.2, 0.25) is 0 Å². The van der Waals surface area contributed by atoms with Gasteiger partial charge in [-0.05, 0) is 31.0 Å². The van der Waals surface area contributed by atoms with Gasteiger partial charge in [0, 0.05) is 5.56 Å². The Morgan fingerprint density at radius 2 is 1.89 bits per heavy atom. The number of hydrogen-bond acceptors (Lipinski definition) is 7. The summed E-state index contributed by atoms with van der Waals surface area (Å²) in [6.07, 6.45) is 0.542. The molecule has 1 heterocycles. The monoisotopic (exact) mass is 404 g/mol. The number of esters is 1. The van der Waals surface area contributed by atoms with Crippen molar-refractivity contribution >= 4 is 16.1 Å². The zero-order valence-electron chi connectivity index (χ0n) is 15.2. The lowest BCUT2D eigenvalue weighted by Gasteiger charge is -2.18. The van der Waals surface area contributed by atoms with E-state index in [1.807, 2.05) is 6.07 Å². The topological polar surface area (TPSA) is 88.1 Å². The highest BCUT2D eigenvalue weighted by Crippen LogP contribution is 2.52. The Bertz CT molecular complexity index is 971. The van der Waals surface area contributed by atoms with E-state index in [9.17, 15) is 13.2 Å². The van der Waals surface area contributed by atoms with Crippen molar-refractivity contribution < 1.29 is 31.6 Å². The lowest BCUT2D eigenvalue weighted by Crippen LogP contribution is -2.24. The molecule has 2 aromatic rings. The number of carbonyl (C=O) groups is 1. The number of carbonyl (C=O) groups excluding carboxylic acids is 1. The molecule has 3 atom stereocenters. The van der Waals surface area contributed by atoms with Gasteiger partial charge in [0.15, 0.2) is 18.1 Å². The molecule has 0 amide bonds. The van der Waals surface area contributed by atoms with Crippen molar-refractivity contribution in [2.75, 3.05) is 13.7 Å². The van der Waals surface area contributed by atoms with E-state index < -0.39 is 22.2 Å². The minimum absolute atomic E-state index is 0.132. The summed E-state index contributed by atoms with van der Waals surface area (Å²) in [6, 6.07) is 13.5. The number of hydrogen-bond donors (Lipinski definition) is 0. The molecule has 1 saturated carbocycles. The Hall–Kier alpha value is -2.58. The van der Waals surface area contributed by atoms with Crippen molar-refractivity contribution in [1.82, 2.24) is 0 Å². The first-order valence-electron chi connectivity index (χ1n) is 8.97. The maximum absolute atomic E-state index is 12.6. The standard InChI is InChI=1S/C20H20O7S/c1-24-18(21)12-25-17-9-5-8-14-19-15(26-20(14)17)10-11-16(19)27-28(22,23)13-6-3-2-4-7-13/h2-9,15-16,19H,10-12H2,1H3. The summed E-state index contributed by atoms with van der Waals surface area (Å²) in [4.78, 5) is 11.5. The Morgan fingerprint density at radius 1 is 1.11 bits per heavy atom. The van der Waals surface area contributed by atoms with Crippen molar-refractivity contribution in [2.45, 2.75) is 35.9 Å². The number of ether oxygens (including phenoxy) is 3. The van der Waals surface area contributed by atoms with E-state index in [-0.39, 0.29) is 23.5 Å². The fourth-order valence-electron chi connectivity index (χ4n) is 3.76. The van der Waals surface area contributed by atoms with Crippen LogP contribution >= 0.6 is 0 Å². The molecule has 1 aliphatic heterocycles. The van der Waals surface area contributed by atoms with Crippen LogP contribution in [0.1, 0.15) is 24.3 Å². The Labute approximate surface area is 163 Å². The van der Waals surface area contributed by atoms with Crippen LogP contribution in [0, 0.1) is 0 Å². The van der Waals surface area contributed by atoms with E-state index in [0.29, 0.717) is 24.3 Å². The number of rotatable bonds is 6. The van der Waals surface area contributed by atoms with Crippen LogP contribution in [0.25, 0.3) is 0 Å². The molecule has 7 nitrogen and oxygen atoms in total. The zero-order valence-corrected chi connectivity index (χ0v) is 16.1. The smallest absolute Gasteiger partial charge is 0.343 e. The van der Waals surface area contributed by atoms with Crippen LogP contribution < -0.4 is 9.47 Å². The maximum atomic E-state index is 12.6. The molecular weight excluding hydrogens is 384 g/mol. The molecule has 0 aromatic heterocycles. The van der Waals surface area contributed by atoms with Crippen LogP contribution in [0.15, 0.2) is 53.4 Å². The predicted octanol–water partition coefficient (Wildman–Crippen LogP) is 2.65. The third kappa shape index (κ3) is 3.45. The first-order chi connectivity index (χ1) is 13.5. The summed E-state index contributed by atoms with van der Waals surface area (Å²) < 4.78 is 47.0. The Balaban J connectivity index is 1.57. The highest BCUT2D eigenvalue weighted by atomic mass is 32.2. The average molecular weight is 404 g/mol. The van der Waals surface area contributed by atoms with Crippen LogP contribution in [-0.2, 0) is 23.8 Å². The van der Waals surface area contributed by atoms with E-state index in [1.165, 1.54) is 19.2 Å². The summed E-state index contributed by atoms with van der Waals surface area (Å²) >= 11 is 0. The summed E-state index contributed by atoms with van der Waals surface area (Å²) in [5, 5.41) is 0. The highest BCUT2D eigenvalue weighted by Gasteiger charge is 2.48. The normalized spacial score (nSPS) is 22.8. The van der Waals surface area contributed by atoms with Gasteiger partial charge in [-0.3, -0.25) is 4.18 Å². The highest BCUT2D eigenvalue weighted by molar-refractivity contribution is 7.86. The molecule has 1 aliphatic carbocycles. The minimum atomic E-state index is -3.87. The van der Waals surface area contributed by atoms with Gasteiger partial charge in [-0.15, -0.1) is 0 Å². The first-order valence-corrected chi connectivity index (χ1v) is 10.4. The summed E-state index contributed by atoms with van der Waals surface area (Å²) in [6.45, 7) is -0.228. The predicted molar refractivity (Wildman–Crippen MR) is 98.8 cm³/mol. The number of benzene rings is 2. The van der Waals surface area contributed by atoms with E-state index in [0.717, 1.165) is 5.56 Å². The largest absolute Gasteiger partial charge is 0.485 e. The van der Waals surface area contributed by atoms with Gasteiger partial charge in [-0.25, -0.2) is 4.79 Å². The quantitative estimate of drug-likeness (QED) is 0.540. The van der Waals surface area contributed by atoms with E-state index in [1.54, 1.807) is 30.3 Å². The molecule has 1 fully saturated rings.